The smallest absolute Gasteiger partial charge is 0.223 e. The maximum atomic E-state index is 12.1. The molecule has 1 aromatic heterocycles. The van der Waals surface area contributed by atoms with E-state index >= 15 is 0 Å². The van der Waals surface area contributed by atoms with Crippen molar-refractivity contribution in [2.45, 2.75) is 39.0 Å². The van der Waals surface area contributed by atoms with Crippen LogP contribution in [0, 0.1) is 18.3 Å². The molecule has 3 aromatic rings. The van der Waals surface area contributed by atoms with Gasteiger partial charge in [-0.1, -0.05) is 29.8 Å². The topological polar surface area (TPSA) is 75.5 Å². The second-order valence-corrected chi connectivity index (χ2v) is 7.91. The third-order valence-corrected chi connectivity index (χ3v) is 5.47. The van der Waals surface area contributed by atoms with Gasteiger partial charge in [-0.3, -0.25) is 9.78 Å². The molecule has 1 aliphatic heterocycles. The minimum Gasteiger partial charge on any atom is -0.497 e. The summed E-state index contributed by atoms with van der Waals surface area (Å²) < 4.78 is 11.0. The number of hydrogen-bond donors (Lipinski definition) is 0. The van der Waals surface area contributed by atoms with E-state index in [1.807, 2.05) is 72.5 Å². The molecule has 0 N–H and O–H groups in total. The Hall–Kier alpha value is -3.69. The highest BCUT2D eigenvalue weighted by Gasteiger charge is 2.30. The Morgan fingerprint density at radius 1 is 1.03 bits per heavy atom. The minimum atomic E-state index is 0.143. The molecule has 1 fully saturated rings. The molecule has 6 nitrogen and oxygen atoms in total. The van der Waals surface area contributed by atoms with Gasteiger partial charge in [0, 0.05) is 25.4 Å². The SMILES string of the molecule is COc1ccc(COC[C@H]2CCC(=O)N2Cc2ccncc2)cc1.Cc1ccc(C#N)cc1. The summed E-state index contributed by atoms with van der Waals surface area (Å²) in [6.07, 6.45) is 4.96. The van der Waals surface area contributed by atoms with Gasteiger partial charge in [0.1, 0.15) is 5.75 Å². The van der Waals surface area contributed by atoms with Crippen molar-refractivity contribution in [2.75, 3.05) is 13.7 Å². The van der Waals surface area contributed by atoms with Crippen molar-refractivity contribution in [2.24, 2.45) is 0 Å². The molecule has 1 atom stereocenters. The highest BCUT2D eigenvalue weighted by molar-refractivity contribution is 5.78. The van der Waals surface area contributed by atoms with Gasteiger partial charge in [0.05, 0.1) is 38.0 Å². The van der Waals surface area contributed by atoms with Crippen LogP contribution in [0.25, 0.3) is 0 Å². The summed E-state index contributed by atoms with van der Waals surface area (Å²) >= 11 is 0. The summed E-state index contributed by atoms with van der Waals surface area (Å²) in [6.45, 7) is 3.72. The number of benzene rings is 2. The van der Waals surface area contributed by atoms with Crippen molar-refractivity contribution in [1.29, 1.82) is 5.26 Å². The number of aromatic nitrogens is 1. The highest BCUT2D eigenvalue weighted by Crippen LogP contribution is 2.22. The number of carbonyl (C=O) groups excluding carboxylic acids is 1. The Labute approximate surface area is 195 Å². The van der Waals surface area contributed by atoms with Crippen molar-refractivity contribution in [3.63, 3.8) is 0 Å². The predicted molar refractivity (Wildman–Crippen MR) is 126 cm³/mol. The molecule has 33 heavy (non-hydrogen) atoms. The van der Waals surface area contributed by atoms with E-state index in [-0.39, 0.29) is 11.9 Å². The molecule has 0 spiro atoms. The van der Waals surface area contributed by atoms with Gasteiger partial charge in [-0.25, -0.2) is 0 Å². The minimum absolute atomic E-state index is 0.143. The normalized spacial score (nSPS) is 14.9. The van der Waals surface area contributed by atoms with Gasteiger partial charge in [-0.05, 0) is 60.9 Å². The molecule has 2 aromatic carbocycles. The number of nitrogens with zero attached hydrogens (tertiary/aromatic N) is 3. The van der Waals surface area contributed by atoms with Crippen LogP contribution in [0.4, 0.5) is 0 Å². The van der Waals surface area contributed by atoms with E-state index in [1.165, 1.54) is 5.56 Å². The number of hydrogen-bond acceptors (Lipinski definition) is 5. The number of pyridine rings is 1. The first-order valence-corrected chi connectivity index (χ1v) is 10.9. The van der Waals surface area contributed by atoms with Crippen LogP contribution in [-0.4, -0.2) is 35.5 Å². The summed E-state index contributed by atoms with van der Waals surface area (Å²) in [5.41, 5.74) is 4.11. The second-order valence-electron chi connectivity index (χ2n) is 7.91. The Morgan fingerprint density at radius 3 is 2.36 bits per heavy atom. The van der Waals surface area contributed by atoms with Gasteiger partial charge in [-0.2, -0.15) is 5.26 Å². The van der Waals surface area contributed by atoms with Gasteiger partial charge < -0.3 is 14.4 Å². The van der Waals surface area contributed by atoms with Gasteiger partial charge in [-0.15, -0.1) is 0 Å². The van der Waals surface area contributed by atoms with Crippen molar-refractivity contribution >= 4 is 5.91 Å². The fourth-order valence-electron chi connectivity index (χ4n) is 3.53. The molecular weight excluding hydrogens is 414 g/mol. The van der Waals surface area contributed by atoms with Gasteiger partial charge in [0.15, 0.2) is 0 Å². The molecule has 2 heterocycles. The van der Waals surface area contributed by atoms with Gasteiger partial charge in [0.2, 0.25) is 5.91 Å². The van der Waals surface area contributed by atoms with E-state index in [1.54, 1.807) is 19.5 Å². The van der Waals surface area contributed by atoms with Crippen molar-refractivity contribution in [1.82, 2.24) is 9.88 Å². The summed E-state index contributed by atoms with van der Waals surface area (Å²) in [6, 6.07) is 21.4. The summed E-state index contributed by atoms with van der Waals surface area (Å²) in [7, 11) is 1.65. The number of likely N-dealkylation sites (tertiary alicyclic amines) is 1. The lowest BCUT2D eigenvalue weighted by atomic mass is 10.2. The Kier molecular flexibility index (Phi) is 8.98. The summed E-state index contributed by atoms with van der Waals surface area (Å²) in [4.78, 5) is 18.1. The average Bonchev–Trinajstić information content (AvgIpc) is 3.20. The van der Waals surface area contributed by atoms with E-state index in [0.29, 0.717) is 26.2 Å². The molecule has 0 radical (unpaired) electrons. The first-order valence-electron chi connectivity index (χ1n) is 10.9. The molecule has 0 saturated carbocycles. The van der Waals surface area contributed by atoms with E-state index in [0.717, 1.165) is 28.9 Å². The molecule has 1 aliphatic rings. The molecule has 0 unspecified atom stereocenters. The Bertz CT molecular complexity index is 1040. The quantitative estimate of drug-likeness (QED) is 0.531. The molecular formula is C27H29N3O3. The van der Waals surface area contributed by atoms with Crippen molar-refractivity contribution in [3.05, 3.63) is 95.3 Å². The van der Waals surface area contributed by atoms with Crippen LogP contribution in [0.15, 0.2) is 73.1 Å². The average molecular weight is 444 g/mol. The van der Waals surface area contributed by atoms with Crippen LogP contribution in [0.2, 0.25) is 0 Å². The first kappa shape index (κ1) is 24.0. The monoisotopic (exact) mass is 443 g/mol. The van der Waals surface area contributed by atoms with Crippen LogP contribution >= 0.6 is 0 Å². The van der Waals surface area contributed by atoms with Crippen LogP contribution in [0.1, 0.15) is 35.1 Å². The lowest BCUT2D eigenvalue weighted by Crippen LogP contribution is -2.35. The van der Waals surface area contributed by atoms with Crippen molar-refractivity contribution in [3.8, 4) is 11.8 Å². The number of ether oxygens (including phenoxy) is 2. The number of methoxy groups -OCH3 is 1. The third-order valence-electron chi connectivity index (χ3n) is 5.47. The zero-order valence-electron chi connectivity index (χ0n) is 19.1. The van der Waals surface area contributed by atoms with E-state index in [9.17, 15) is 4.79 Å². The van der Waals surface area contributed by atoms with Gasteiger partial charge >= 0.3 is 0 Å². The zero-order valence-corrected chi connectivity index (χ0v) is 19.1. The van der Waals surface area contributed by atoms with Crippen LogP contribution in [0.3, 0.4) is 0 Å². The van der Waals surface area contributed by atoms with E-state index < -0.39 is 0 Å². The first-order chi connectivity index (χ1) is 16.1. The number of rotatable bonds is 7. The largest absolute Gasteiger partial charge is 0.497 e. The molecule has 0 bridgehead atoms. The fraction of sp³-hybridized carbons (Fsp3) is 0.296. The van der Waals surface area contributed by atoms with Gasteiger partial charge in [0.25, 0.3) is 0 Å². The molecule has 6 heteroatoms. The lowest BCUT2D eigenvalue weighted by molar-refractivity contribution is -0.130. The van der Waals surface area contributed by atoms with Crippen LogP contribution in [-0.2, 0) is 22.7 Å². The standard InChI is InChI=1S/C19H22N2O3.C8H7N/c1-23-18-5-2-16(3-6-18)13-24-14-17-4-7-19(22)21(17)12-15-8-10-20-11-9-15;1-7-2-4-8(6-9)5-3-7/h2-3,5-6,8-11,17H,4,7,12-14H2,1H3;2-5H,1H3/t17-;/m1./s1. The second kappa shape index (κ2) is 12.4. The number of nitriles is 1. The predicted octanol–water partition coefficient (Wildman–Crippen LogP) is 4.66. The molecule has 4 rings (SSSR count). The number of aryl methyl sites for hydroxylation is 1. The van der Waals surface area contributed by atoms with Crippen LogP contribution in [0.5, 0.6) is 5.75 Å². The Balaban J connectivity index is 0.000000286. The third kappa shape index (κ3) is 7.44. The summed E-state index contributed by atoms with van der Waals surface area (Å²) in [5.74, 6) is 1.04. The lowest BCUT2D eigenvalue weighted by Gasteiger charge is -2.24. The number of amides is 1. The maximum Gasteiger partial charge on any atom is 0.223 e. The fourth-order valence-corrected chi connectivity index (χ4v) is 3.53. The maximum absolute atomic E-state index is 12.1. The van der Waals surface area contributed by atoms with Crippen molar-refractivity contribution < 1.29 is 14.3 Å². The Morgan fingerprint density at radius 2 is 1.73 bits per heavy atom. The molecule has 0 aliphatic carbocycles. The van der Waals surface area contributed by atoms with E-state index in [4.69, 9.17) is 14.7 Å². The molecule has 170 valence electrons. The molecule has 1 amide bonds. The molecule has 1 saturated heterocycles. The number of carbonyl (C=O) groups is 1. The zero-order chi connectivity index (χ0) is 23.5. The summed E-state index contributed by atoms with van der Waals surface area (Å²) in [5, 5.41) is 8.38. The highest BCUT2D eigenvalue weighted by atomic mass is 16.5. The van der Waals surface area contributed by atoms with Crippen LogP contribution < -0.4 is 4.74 Å². The van der Waals surface area contributed by atoms with E-state index in [2.05, 4.69) is 11.1 Å².